The van der Waals surface area contributed by atoms with E-state index in [1.165, 1.54) is 0 Å². The van der Waals surface area contributed by atoms with Crippen LogP contribution < -0.4 is 10.1 Å². The van der Waals surface area contributed by atoms with Gasteiger partial charge in [-0.1, -0.05) is 18.2 Å². The largest absolute Gasteiger partial charge is 0.490 e. The molecule has 132 valence electrons. The van der Waals surface area contributed by atoms with E-state index in [9.17, 15) is 0 Å². The topological polar surface area (TPSA) is 62.6 Å². The van der Waals surface area contributed by atoms with Gasteiger partial charge in [0.1, 0.15) is 17.7 Å². The Balaban J connectivity index is 1.49. The Hall–Kier alpha value is -2.63. The third kappa shape index (κ3) is 4.92. The summed E-state index contributed by atoms with van der Waals surface area (Å²) in [7, 11) is 1.82. The number of piperidine rings is 1. The van der Waals surface area contributed by atoms with Crippen molar-refractivity contribution in [1.82, 2.24) is 20.2 Å². The van der Waals surface area contributed by atoms with Crippen molar-refractivity contribution in [2.75, 3.05) is 20.1 Å². The van der Waals surface area contributed by atoms with Crippen LogP contribution in [-0.4, -0.2) is 47.1 Å². The molecule has 0 bridgehead atoms. The van der Waals surface area contributed by atoms with Gasteiger partial charge in [0.15, 0.2) is 5.96 Å². The second-order valence-electron chi connectivity index (χ2n) is 6.11. The highest BCUT2D eigenvalue weighted by atomic mass is 16.5. The average molecular weight is 339 g/mol. The van der Waals surface area contributed by atoms with Crippen LogP contribution in [0.3, 0.4) is 0 Å². The standard InChI is InChI=1S/C19H25N5O/c1-15-21-11-8-16(23-15)14-22-19(20-2)24-12-9-18(10-13-24)25-17-6-4-3-5-7-17/h3-8,11,18H,9-10,12-14H2,1-2H3,(H,20,22). The van der Waals surface area contributed by atoms with Gasteiger partial charge >= 0.3 is 0 Å². The molecule has 0 radical (unpaired) electrons. The molecule has 0 atom stereocenters. The molecule has 25 heavy (non-hydrogen) atoms. The number of benzene rings is 1. The van der Waals surface area contributed by atoms with Crippen LogP contribution in [0.2, 0.25) is 0 Å². The zero-order chi connectivity index (χ0) is 17.5. The minimum Gasteiger partial charge on any atom is -0.490 e. The molecular weight excluding hydrogens is 314 g/mol. The Morgan fingerprint density at radius 2 is 2.00 bits per heavy atom. The number of aliphatic imine (C=N–C) groups is 1. The quantitative estimate of drug-likeness (QED) is 0.685. The molecule has 1 N–H and O–H groups in total. The summed E-state index contributed by atoms with van der Waals surface area (Å²) < 4.78 is 6.06. The Labute approximate surface area is 149 Å². The SMILES string of the molecule is CN=C(NCc1ccnc(C)n1)N1CCC(Oc2ccccc2)CC1. The molecular formula is C19H25N5O. The van der Waals surface area contributed by atoms with Crippen molar-refractivity contribution in [3.05, 3.63) is 54.1 Å². The maximum Gasteiger partial charge on any atom is 0.193 e. The Kier molecular flexibility index (Phi) is 5.82. The molecule has 0 saturated carbocycles. The van der Waals surface area contributed by atoms with Crippen molar-refractivity contribution in [3.8, 4) is 5.75 Å². The summed E-state index contributed by atoms with van der Waals surface area (Å²) in [5.41, 5.74) is 0.968. The molecule has 0 amide bonds. The number of nitrogens with zero attached hydrogens (tertiary/aromatic N) is 4. The first-order valence-electron chi connectivity index (χ1n) is 8.70. The average Bonchev–Trinajstić information content (AvgIpc) is 2.64. The molecule has 1 aromatic heterocycles. The predicted molar refractivity (Wildman–Crippen MR) is 98.6 cm³/mol. The van der Waals surface area contributed by atoms with E-state index in [1.54, 1.807) is 6.20 Å². The molecule has 2 aromatic rings. The zero-order valence-electron chi connectivity index (χ0n) is 14.9. The summed E-state index contributed by atoms with van der Waals surface area (Å²) in [6, 6.07) is 12.0. The number of guanidine groups is 1. The van der Waals surface area contributed by atoms with Gasteiger partial charge in [-0.15, -0.1) is 0 Å². The summed E-state index contributed by atoms with van der Waals surface area (Å²) in [6.07, 6.45) is 4.03. The second-order valence-corrected chi connectivity index (χ2v) is 6.11. The van der Waals surface area contributed by atoms with Crippen molar-refractivity contribution in [3.63, 3.8) is 0 Å². The lowest BCUT2D eigenvalue weighted by atomic mass is 10.1. The van der Waals surface area contributed by atoms with Crippen LogP contribution in [0.25, 0.3) is 0 Å². The van der Waals surface area contributed by atoms with E-state index in [-0.39, 0.29) is 6.10 Å². The number of rotatable bonds is 4. The Bertz CT molecular complexity index is 696. The van der Waals surface area contributed by atoms with E-state index in [0.717, 1.165) is 49.2 Å². The lowest BCUT2D eigenvalue weighted by Crippen LogP contribution is -2.47. The first-order valence-corrected chi connectivity index (χ1v) is 8.70. The van der Waals surface area contributed by atoms with Crippen LogP contribution in [0.4, 0.5) is 0 Å². The highest BCUT2D eigenvalue weighted by Gasteiger charge is 2.22. The van der Waals surface area contributed by atoms with Crippen molar-refractivity contribution in [2.45, 2.75) is 32.4 Å². The van der Waals surface area contributed by atoms with Crippen LogP contribution in [-0.2, 0) is 6.54 Å². The van der Waals surface area contributed by atoms with Gasteiger partial charge < -0.3 is 15.0 Å². The van der Waals surface area contributed by atoms with E-state index >= 15 is 0 Å². The lowest BCUT2D eigenvalue weighted by Gasteiger charge is -2.34. The van der Waals surface area contributed by atoms with Gasteiger partial charge in [0, 0.05) is 39.2 Å². The van der Waals surface area contributed by atoms with Gasteiger partial charge in [-0.2, -0.15) is 0 Å². The monoisotopic (exact) mass is 339 g/mol. The zero-order valence-corrected chi connectivity index (χ0v) is 14.9. The highest BCUT2D eigenvalue weighted by Crippen LogP contribution is 2.18. The highest BCUT2D eigenvalue weighted by molar-refractivity contribution is 5.79. The number of hydrogen-bond donors (Lipinski definition) is 1. The summed E-state index contributed by atoms with van der Waals surface area (Å²) in [4.78, 5) is 15.2. The number of likely N-dealkylation sites (tertiary alicyclic amines) is 1. The summed E-state index contributed by atoms with van der Waals surface area (Å²) in [6.45, 7) is 4.41. The Morgan fingerprint density at radius 3 is 2.68 bits per heavy atom. The number of nitrogens with one attached hydrogen (secondary N) is 1. The number of hydrogen-bond acceptors (Lipinski definition) is 4. The fourth-order valence-electron chi connectivity index (χ4n) is 2.98. The molecule has 6 heteroatoms. The molecule has 1 aromatic carbocycles. The molecule has 0 aliphatic carbocycles. The molecule has 1 saturated heterocycles. The van der Waals surface area contributed by atoms with Crippen LogP contribution in [0, 0.1) is 6.92 Å². The van der Waals surface area contributed by atoms with Gasteiger partial charge in [-0.25, -0.2) is 9.97 Å². The summed E-state index contributed by atoms with van der Waals surface area (Å²) in [5, 5.41) is 3.39. The molecule has 0 unspecified atom stereocenters. The number of aromatic nitrogens is 2. The minimum atomic E-state index is 0.265. The van der Waals surface area contributed by atoms with E-state index < -0.39 is 0 Å². The van der Waals surface area contributed by atoms with E-state index in [2.05, 4.69) is 25.2 Å². The van der Waals surface area contributed by atoms with Gasteiger partial charge in [0.2, 0.25) is 0 Å². The maximum absolute atomic E-state index is 6.06. The third-order valence-electron chi connectivity index (χ3n) is 4.26. The third-order valence-corrected chi connectivity index (χ3v) is 4.26. The van der Waals surface area contributed by atoms with Gasteiger partial charge in [0.05, 0.1) is 12.2 Å². The predicted octanol–water partition coefficient (Wildman–Crippen LogP) is 2.40. The van der Waals surface area contributed by atoms with Gasteiger partial charge in [-0.05, 0) is 25.1 Å². The van der Waals surface area contributed by atoms with Crippen LogP contribution in [0.5, 0.6) is 5.75 Å². The lowest BCUT2D eigenvalue weighted by molar-refractivity contribution is 0.129. The van der Waals surface area contributed by atoms with Crippen LogP contribution in [0.1, 0.15) is 24.4 Å². The van der Waals surface area contributed by atoms with Crippen molar-refractivity contribution >= 4 is 5.96 Å². The molecule has 1 fully saturated rings. The molecule has 1 aliphatic rings. The van der Waals surface area contributed by atoms with Crippen LogP contribution >= 0.6 is 0 Å². The second kappa shape index (κ2) is 8.46. The van der Waals surface area contributed by atoms with E-state index in [4.69, 9.17) is 4.74 Å². The molecule has 3 rings (SSSR count). The van der Waals surface area contributed by atoms with Crippen LogP contribution in [0.15, 0.2) is 47.6 Å². The first kappa shape index (κ1) is 17.2. The normalized spacial score (nSPS) is 15.9. The van der Waals surface area contributed by atoms with E-state index in [1.807, 2.05) is 50.4 Å². The summed E-state index contributed by atoms with van der Waals surface area (Å²) >= 11 is 0. The van der Waals surface area contributed by atoms with Crippen molar-refractivity contribution < 1.29 is 4.74 Å². The minimum absolute atomic E-state index is 0.265. The Morgan fingerprint density at radius 1 is 1.24 bits per heavy atom. The first-order chi connectivity index (χ1) is 12.2. The number of ether oxygens (including phenoxy) is 1. The van der Waals surface area contributed by atoms with Crippen molar-refractivity contribution in [1.29, 1.82) is 0 Å². The molecule has 6 nitrogen and oxygen atoms in total. The molecule has 1 aliphatic heterocycles. The van der Waals surface area contributed by atoms with Crippen molar-refractivity contribution in [2.24, 2.45) is 4.99 Å². The fraction of sp³-hybridized carbons (Fsp3) is 0.421. The molecule has 0 spiro atoms. The van der Waals surface area contributed by atoms with Gasteiger partial charge in [-0.3, -0.25) is 4.99 Å². The number of aryl methyl sites for hydroxylation is 1. The molecule has 2 heterocycles. The number of para-hydroxylation sites is 1. The van der Waals surface area contributed by atoms with E-state index in [0.29, 0.717) is 6.54 Å². The fourth-order valence-corrected chi connectivity index (χ4v) is 2.98. The maximum atomic E-state index is 6.06. The van der Waals surface area contributed by atoms with Gasteiger partial charge in [0.25, 0.3) is 0 Å². The summed E-state index contributed by atoms with van der Waals surface area (Å²) in [5.74, 6) is 2.64. The smallest absolute Gasteiger partial charge is 0.193 e.